The van der Waals surface area contributed by atoms with E-state index in [9.17, 15) is 22.9 Å². The molecule has 88 valence electrons. The van der Waals surface area contributed by atoms with Crippen molar-refractivity contribution in [2.75, 3.05) is 14.1 Å². The SMILES string of the molecule is CN(C)S(=O)(=O)c1cccc(F)c1[N+](=O)[O-]. The molecule has 0 fully saturated rings. The fraction of sp³-hybridized carbons (Fsp3) is 0.250. The van der Waals surface area contributed by atoms with Crippen molar-refractivity contribution in [1.29, 1.82) is 0 Å². The zero-order chi connectivity index (χ0) is 12.5. The van der Waals surface area contributed by atoms with Crippen LogP contribution in [0.1, 0.15) is 0 Å². The van der Waals surface area contributed by atoms with Crippen LogP contribution in [0.5, 0.6) is 0 Å². The normalized spacial score (nSPS) is 11.8. The molecule has 1 aromatic rings. The number of hydrogen-bond acceptors (Lipinski definition) is 4. The maximum atomic E-state index is 13.2. The van der Waals surface area contributed by atoms with Crippen molar-refractivity contribution >= 4 is 15.7 Å². The first-order valence-corrected chi connectivity index (χ1v) is 5.58. The zero-order valence-corrected chi connectivity index (χ0v) is 9.36. The number of benzene rings is 1. The number of sulfonamides is 1. The van der Waals surface area contributed by atoms with E-state index in [-0.39, 0.29) is 0 Å². The molecular weight excluding hydrogens is 239 g/mol. The minimum absolute atomic E-state index is 0.650. The van der Waals surface area contributed by atoms with E-state index in [1.807, 2.05) is 0 Å². The monoisotopic (exact) mass is 248 g/mol. The largest absolute Gasteiger partial charge is 0.324 e. The minimum atomic E-state index is -4.02. The molecule has 0 saturated carbocycles. The Morgan fingerprint density at radius 3 is 2.38 bits per heavy atom. The first-order chi connectivity index (χ1) is 7.28. The number of nitro groups is 1. The van der Waals surface area contributed by atoms with Gasteiger partial charge in [-0.3, -0.25) is 10.1 Å². The van der Waals surface area contributed by atoms with Gasteiger partial charge in [-0.2, -0.15) is 4.39 Å². The van der Waals surface area contributed by atoms with E-state index in [2.05, 4.69) is 0 Å². The average molecular weight is 248 g/mol. The number of halogens is 1. The van der Waals surface area contributed by atoms with E-state index in [1.165, 1.54) is 14.1 Å². The van der Waals surface area contributed by atoms with Crippen molar-refractivity contribution in [3.8, 4) is 0 Å². The van der Waals surface area contributed by atoms with Gasteiger partial charge < -0.3 is 0 Å². The summed E-state index contributed by atoms with van der Waals surface area (Å²) in [5.74, 6) is -1.17. The molecule has 0 amide bonds. The summed E-state index contributed by atoms with van der Waals surface area (Å²) in [4.78, 5) is 8.89. The van der Waals surface area contributed by atoms with Crippen LogP contribution < -0.4 is 0 Å². The Kier molecular flexibility index (Phi) is 3.24. The maximum Gasteiger partial charge on any atom is 0.324 e. The molecule has 1 rings (SSSR count). The minimum Gasteiger partial charge on any atom is -0.258 e. The van der Waals surface area contributed by atoms with Crippen LogP contribution >= 0.6 is 0 Å². The number of rotatable bonds is 3. The maximum absolute atomic E-state index is 13.2. The highest BCUT2D eigenvalue weighted by atomic mass is 32.2. The molecule has 0 aliphatic heterocycles. The summed E-state index contributed by atoms with van der Waals surface area (Å²) < 4.78 is 37.3. The first kappa shape index (κ1) is 12.5. The first-order valence-electron chi connectivity index (χ1n) is 4.14. The van der Waals surface area contributed by atoms with E-state index in [0.29, 0.717) is 0 Å². The average Bonchev–Trinajstić information content (AvgIpc) is 2.16. The summed E-state index contributed by atoms with van der Waals surface area (Å²) in [6.07, 6.45) is 0. The van der Waals surface area contributed by atoms with Crippen LogP contribution in [-0.2, 0) is 10.0 Å². The summed E-state index contributed by atoms with van der Waals surface area (Å²) in [5.41, 5.74) is -1.03. The van der Waals surface area contributed by atoms with Gasteiger partial charge in [0.1, 0.15) is 0 Å². The highest BCUT2D eigenvalue weighted by Crippen LogP contribution is 2.27. The molecule has 16 heavy (non-hydrogen) atoms. The van der Waals surface area contributed by atoms with Crippen molar-refractivity contribution < 1.29 is 17.7 Å². The van der Waals surface area contributed by atoms with E-state index in [0.717, 1.165) is 22.5 Å². The quantitative estimate of drug-likeness (QED) is 0.590. The van der Waals surface area contributed by atoms with Gasteiger partial charge in [-0.05, 0) is 12.1 Å². The van der Waals surface area contributed by atoms with Gasteiger partial charge in [0.15, 0.2) is 4.90 Å². The van der Waals surface area contributed by atoms with Crippen LogP contribution in [0.15, 0.2) is 23.1 Å². The van der Waals surface area contributed by atoms with Crippen LogP contribution in [0, 0.1) is 15.9 Å². The summed E-state index contributed by atoms with van der Waals surface area (Å²) in [7, 11) is -1.60. The number of hydrogen-bond donors (Lipinski definition) is 0. The van der Waals surface area contributed by atoms with Gasteiger partial charge in [0, 0.05) is 14.1 Å². The number of nitrogens with zero attached hydrogens (tertiary/aromatic N) is 2. The number of nitro benzene ring substituents is 1. The topological polar surface area (TPSA) is 80.5 Å². The molecule has 1 aromatic carbocycles. The molecule has 8 heteroatoms. The molecule has 6 nitrogen and oxygen atoms in total. The van der Waals surface area contributed by atoms with Gasteiger partial charge in [0.25, 0.3) is 0 Å². The van der Waals surface area contributed by atoms with Gasteiger partial charge in [-0.15, -0.1) is 0 Å². The van der Waals surface area contributed by atoms with Crippen molar-refractivity contribution in [3.63, 3.8) is 0 Å². The van der Waals surface area contributed by atoms with Crippen LogP contribution in [0.4, 0.5) is 10.1 Å². The Morgan fingerprint density at radius 2 is 1.94 bits per heavy atom. The Labute approximate surface area is 91.5 Å². The van der Waals surface area contributed by atoms with Crippen LogP contribution in [0.2, 0.25) is 0 Å². The molecule has 0 heterocycles. The van der Waals surface area contributed by atoms with Gasteiger partial charge in [0.05, 0.1) is 4.92 Å². The van der Waals surface area contributed by atoms with Gasteiger partial charge in [-0.25, -0.2) is 12.7 Å². The summed E-state index contributed by atoms with van der Waals surface area (Å²) in [6, 6.07) is 2.95. The van der Waals surface area contributed by atoms with Gasteiger partial charge in [-0.1, -0.05) is 6.07 Å². The Bertz CT molecular complexity index is 527. The Morgan fingerprint density at radius 1 is 1.38 bits per heavy atom. The third-order valence-corrected chi connectivity index (χ3v) is 3.74. The molecular formula is C8H9FN2O4S. The molecule has 0 atom stereocenters. The summed E-state index contributed by atoms with van der Waals surface area (Å²) >= 11 is 0. The Balaban J connectivity index is 3.59. The van der Waals surface area contributed by atoms with Crippen molar-refractivity contribution in [2.24, 2.45) is 0 Å². The number of para-hydroxylation sites is 1. The second-order valence-corrected chi connectivity index (χ2v) is 5.25. The lowest BCUT2D eigenvalue weighted by molar-refractivity contribution is -0.390. The van der Waals surface area contributed by atoms with E-state index in [1.54, 1.807) is 0 Å². The van der Waals surface area contributed by atoms with Gasteiger partial charge in [0.2, 0.25) is 15.8 Å². The van der Waals surface area contributed by atoms with Crippen molar-refractivity contribution in [1.82, 2.24) is 4.31 Å². The smallest absolute Gasteiger partial charge is 0.258 e. The summed E-state index contributed by atoms with van der Waals surface area (Å²) in [5, 5.41) is 10.6. The lowest BCUT2D eigenvalue weighted by Gasteiger charge is -2.11. The van der Waals surface area contributed by atoms with Crippen LogP contribution in [0.25, 0.3) is 0 Å². The lowest BCUT2D eigenvalue weighted by atomic mass is 10.3. The van der Waals surface area contributed by atoms with E-state index in [4.69, 9.17) is 0 Å². The van der Waals surface area contributed by atoms with Crippen molar-refractivity contribution in [3.05, 3.63) is 34.1 Å². The van der Waals surface area contributed by atoms with Gasteiger partial charge >= 0.3 is 5.69 Å². The predicted molar refractivity (Wildman–Crippen MR) is 53.9 cm³/mol. The second-order valence-electron chi connectivity index (χ2n) is 3.13. The molecule has 0 spiro atoms. The highest BCUT2D eigenvalue weighted by Gasteiger charge is 2.30. The van der Waals surface area contributed by atoms with Crippen LogP contribution in [-0.4, -0.2) is 31.7 Å². The molecule has 0 radical (unpaired) electrons. The summed E-state index contributed by atoms with van der Waals surface area (Å²) in [6.45, 7) is 0. The highest BCUT2D eigenvalue weighted by molar-refractivity contribution is 7.89. The van der Waals surface area contributed by atoms with Crippen molar-refractivity contribution in [2.45, 2.75) is 4.90 Å². The van der Waals surface area contributed by atoms with Crippen LogP contribution in [0.3, 0.4) is 0 Å². The van der Waals surface area contributed by atoms with E-state index >= 15 is 0 Å². The second kappa shape index (κ2) is 4.14. The predicted octanol–water partition coefficient (Wildman–Crippen LogP) is 0.984. The fourth-order valence-electron chi connectivity index (χ4n) is 1.08. The molecule has 0 bridgehead atoms. The molecule has 0 saturated heterocycles. The van der Waals surface area contributed by atoms with E-state index < -0.39 is 31.3 Å². The third kappa shape index (κ3) is 2.02. The molecule has 0 aliphatic carbocycles. The molecule has 0 aliphatic rings. The molecule has 0 N–H and O–H groups in total. The lowest BCUT2D eigenvalue weighted by Crippen LogP contribution is -2.23. The molecule has 0 aromatic heterocycles. The third-order valence-electron chi connectivity index (χ3n) is 1.89. The standard InChI is InChI=1S/C8H9FN2O4S/c1-10(2)16(14,15)7-5-3-4-6(9)8(7)11(12)13/h3-5H,1-2H3. The fourth-order valence-corrected chi connectivity index (χ4v) is 2.14. The zero-order valence-electron chi connectivity index (χ0n) is 8.55. The molecule has 0 unspecified atom stereocenters. The Hall–Kier alpha value is -1.54.